The predicted molar refractivity (Wildman–Crippen MR) is 62.7 cm³/mol. The van der Waals surface area contributed by atoms with E-state index in [1.165, 1.54) is 0 Å². The van der Waals surface area contributed by atoms with Gasteiger partial charge in [0, 0.05) is 16.1 Å². The number of aliphatic hydroxyl groups is 1. The van der Waals surface area contributed by atoms with E-state index in [0.29, 0.717) is 13.2 Å². The van der Waals surface area contributed by atoms with Crippen molar-refractivity contribution in [3.8, 4) is 0 Å². The molecule has 4 heteroatoms. The van der Waals surface area contributed by atoms with Gasteiger partial charge in [0.15, 0.2) is 0 Å². The molecule has 2 nitrogen and oxygen atoms in total. The Kier molecular flexibility index (Phi) is 7.32. The van der Waals surface area contributed by atoms with E-state index in [2.05, 4.69) is 38.4 Å². The first-order valence-corrected chi connectivity index (χ1v) is 6.29. The summed E-state index contributed by atoms with van der Waals surface area (Å²) in [6, 6.07) is 0. The lowest BCUT2D eigenvalue weighted by Gasteiger charge is -2.27. The predicted octanol–water partition coefficient (Wildman–Crippen LogP) is 2.35. The van der Waals surface area contributed by atoms with Crippen LogP contribution in [-0.4, -0.2) is 35.6 Å². The number of ether oxygens (including phenoxy) is 1. The standard InChI is InChI=1S/C9H16Br2O2/c1-8(2)3-13-7-9(4-10,5-11)6-12/h12H,1,3-7H2,2H3. The molecule has 0 rings (SSSR count). The van der Waals surface area contributed by atoms with Crippen LogP contribution in [0.2, 0.25) is 0 Å². The smallest absolute Gasteiger partial charge is 0.0671 e. The second kappa shape index (κ2) is 6.98. The van der Waals surface area contributed by atoms with Crippen LogP contribution < -0.4 is 0 Å². The first kappa shape index (κ1) is 13.6. The topological polar surface area (TPSA) is 29.5 Å². The van der Waals surface area contributed by atoms with Crippen molar-refractivity contribution >= 4 is 31.9 Å². The molecule has 0 aliphatic rings. The summed E-state index contributed by atoms with van der Waals surface area (Å²) >= 11 is 6.74. The average molecular weight is 316 g/mol. The van der Waals surface area contributed by atoms with E-state index in [1.54, 1.807) is 0 Å². The van der Waals surface area contributed by atoms with Gasteiger partial charge < -0.3 is 9.84 Å². The van der Waals surface area contributed by atoms with Crippen LogP contribution in [0.25, 0.3) is 0 Å². The molecule has 0 atom stereocenters. The highest BCUT2D eigenvalue weighted by atomic mass is 79.9. The van der Waals surface area contributed by atoms with Crippen molar-refractivity contribution in [1.29, 1.82) is 0 Å². The lowest BCUT2D eigenvalue weighted by Crippen LogP contribution is -2.34. The number of alkyl halides is 2. The molecular formula is C9H16Br2O2. The number of aliphatic hydroxyl groups excluding tert-OH is 1. The van der Waals surface area contributed by atoms with Gasteiger partial charge in [-0.15, -0.1) is 0 Å². The van der Waals surface area contributed by atoms with Crippen LogP contribution in [0.1, 0.15) is 6.92 Å². The minimum absolute atomic E-state index is 0.111. The molecule has 0 saturated heterocycles. The molecule has 0 heterocycles. The third-order valence-electron chi connectivity index (χ3n) is 1.66. The van der Waals surface area contributed by atoms with Crippen molar-refractivity contribution in [2.24, 2.45) is 5.41 Å². The van der Waals surface area contributed by atoms with E-state index in [0.717, 1.165) is 16.2 Å². The minimum atomic E-state index is -0.213. The van der Waals surface area contributed by atoms with Gasteiger partial charge in [0.25, 0.3) is 0 Å². The number of halogens is 2. The highest BCUT2D eigenvalue weighted by molar-refractivity contribution is 9.09. The van der Waals surface area contributed by atoms with Gasteiger partial charge in [0.1, 0.15) is 0 Å². The van der Waals surface area contributed by atoms with Crippen LogP contribution in [0.4, 0.5) is 0 Å². The molecule has 0 aliphatic heterocycles. The summed E-state index contributed by atoms with van der Waals surface area (Å²) in [6.45, 7) is 6.86. The molecule has 0 aromatic carbocycles. The summed E-state index contributed by atoms with van der Waals surface area (Å²) < 4.78 is 5.41. The molecule has 78 valence electrons. The quantitative estimate of drug-likeness (QED) is 0.577. The Balaban J connectivity index is 3.88. The zero-order chi connectivity index (χ0) is 10.3. The van der Waals surface area contributed by atoms with E-state index in [-0.39, 0.29) is 12.0 Å². The molecule has 0 aromatic rings. The second-order valence-corrected chi connectivity index (χ2v) is 4.50. The molecule has 13 heavy (non-hydrogen) atoms. The van der Waals surface area contributed by atoms with E-state index < -0.39 is 0 Å². The van der Waals surface area contributed by atoms with Crippen molar-refractivity contribution in [3.05, 3.63) is 12.2 Å². The van der Waals surface area contributed by atoms with Gasteiger partial charge in [-0.3, -0.25) is 0 Å². The van der Waals surface area contributed by atoms with Crippen LogP contribution in [0.5, 0.6) is 0 Å². The zero-order valence-electron chi connectivity index (χ0n) is 7.85. The van der Waals surface area contributed by atoms with Crippen molar-refractivity contribution < 1.29 is 9.84 Å². The maximum atomic E-state index is 9.18. The Labute approximate surface area is 96.6 Å². The molecule has 0 radical (unpaired) electrons. The monoisotopic (exact) mass is 314 g/mol. The third kappa shape index (κ3) is 5.15. The normalized spacial score (nSPS) is 11.7. The summed E-state index contributed by atoms with van der Waals surface area (Å²) in [5, 5.41) is 10.6. The SMILES string of the molecule is C=C(C)COCC(CO)(CBr)CBr. The van der Waals surface area contributed by atoms with E-state index >= 15 is 0 Å². The van der Waals surface area contributed by atoms with Crippen molar-refractivity contribution in [2.45, 2.75) is 6.92 Å². The first-order chi connectivity index (χ1) is 6.10. The molecular weight excluding hydrogens is 300 g/mol. The first-order valence-electron chi connectivity index (χ1n) is 4.05. The van der Waals surface area contributed by atoms with Gasteiger partial charge in [-0.25, -0.2) is 0 Å². The molecule has 0 bridgehead atoms. The van der Waals surface area contributed by atoms with Crippen molar-refractivity contribution in [2.75, 3.05) is 30.5 Å². The second-order valence-electron chi connectivity index (χ2n) is 3.38. The summed E-state index contributed by atoms with van der Waals surface area (Å²) in [5.74, 6) is 0. The van der Waals surface area contributed by atoms with E-state index in [9.17, 15) is 5.11 Å². The van der Waals surface area contributed by atoms with Crippen molar-refractivity contribution in [1.82, 2.24) is 0 Å². The minimum Gasteiger partial charge on any atom is -0.396 e. The number of rotatable bonds is 7. The fraction of sp³-hybridized carbons (Fsp3) is 0.778. The molecule has 1 N–H and O–H groups in total. The summed E-state index contributed by atoms with van der Waals surface area (Å²) in [7, 11) is 0. The zero-order valence-corrected chi connectivity index (χ0v) is 11.0. The van der Waals surface area contributed by atoms with E-state index in [1.807, 2.05) is 6.92 Å². The highest BCUT2D eigenvalue weighted by Gasteiger charge is 2.27. The van der Waals surface area contributed by atoms with Gasteiger partial charge in [-0.1, -0.05) is 44.0 Å². The third-order valence-corrected chi connectivity index (χ3v) is 4.04. The molecule has 0 aromatic heterocycles. The Morgan fingerprint density at radius 1 is 1.46 bits per heavy atom. The summed E-state index contributed by atoms with van der Waals surface area (Å²) in [4.78, 5) is 0. The summed E-state index contributed by atoms with van der Waals surface area (Å²) in [5.41, 5.74) is 0.783. The van der Waals surface area contributed by atoms with E-state index in [4.69, 9.17) is 4.74 Å². The molecule has 0 saturated carbocycles. The molecule has 0 aliphatic carbocycles. The maximum Gasteiger partial charge on any atom is 0.0671 e. The van der Waals surface area contributed by atoms with Gasteiger partial charge >= 0.3 is 0 Å². The highest BCUT2D eigenvalue weighted by Crippen LogP contribution is 2.23. The van der Waals surface area contributed by atoms with Crippen LogP contribution >= 0.6 is 31.9 Å². The molecule has 0 amide bonds. The van der Waals surface area contributed by atoms with Gasteiger partial charge in [0.2, 0.25) is 0 Å². The molecule has 0 fully saturated rings. The van der Waals surface area contributed by atoms with Crippen LogP contribution in [0.15, 0.2) is 12.2 Å². The Morgan fingerprint density at radius 2 is 2.00 bits per heavy atom. The fourth-order valence-corrected chi connectivity index (χ4v) is 2.29. The lowest BCUT2D eigenvalue weighted by molar-refractivity contribution is 0.0452. The van der Waals surface area contributed by atoms with Gasteiger partial charge in [-0.05, 0) is 6.92 Å². The van der Waals surface area contributed by atoms with Gasteiger partial charge in [-0.2, -0.15) is 0 Å². The molecule has 0 unspecified atom stereocenters. The summed E-state index contributed by atoms with van der Waals surface area (Å²) in [6.07, 6.45) is 0. The Hall–Kier alpha value is 0.620. The van der Waals surface area contributed by atoms with Crippen LogP contribution in [0.3, 0.4) is 0 Å². The van der Waals surface area contributed by atoms with Crippen LogP contribution in [0, 0.1) is 5.41 Å². The van der Waals surface area contributed by atoms with Crippen LogP contribution in [-0.2, 0) is 4.74 Å². The van der Waals surface area contributed by atoms with Crippen molar-refractivity contribution in [3.63, 3.8) is 0 Å². The average Bonchev–Trinajstić information content (AvgIpc) is 2.13. The largest absolute Gasteiger partial charge is 0.396 e. The number of hydrogen-bond donors (Lipinski definition) is 1. The molecule has 0 spiro atoms. The van der Waals surface area contributed by atoms with Gasteiger partial charge in [0.05, 0.1) is 19.8 Å². The Morgan fingerprint density at radius 3 is 2.31 bits per heavy atom. The number of hydrogen-bond acceptors (Lipinski definition) is 2. The fourth-order valence-electron chi connectivity index (χ4n) is 0.685. The Bertz CT molecular complexity index is 147. The maximum absolute atomic E-state index is 9.18. The lowest BCUT2D eigenvalue weighted by atomic mass is 9.96.